The molecule has 1 aromatic rings. The molecule has 0 fully saturated rings. The van der Waals surface area contributed by atoms with E-state index in [1.165, 1.54) is 4.90 Å². The van der Waals surface area contributed by atoms with Crippen LogP contribution in [0.1, 0.15) is 31.1 Å². The van der Waals surface area contributed by atoms with Gasteiger partial charge >= 0.3 is 5.97 Å². The van der Waals surface area contributed by atoms with E-state index in [1.807, 2.05) is 6.07 Å². The van der Waals surface area contributed by atoms with Crippen molar-refractivity contribution < 1.29 is 19.1 Å². The molecule has 0 aromatic heterocycles. The molecule has 0 heterocycles. The molecule has 1 rings (SSSR count). The summed E-state index contributed by atoms with van der Waals surface area (Å²) >= 11 is 0. The van der Waals surface area contributed by atoms with Crippen molar-refractivity contribution in [2.45, 2.75) is 20.8 Å². The first kappa shape index (κ1) is 17.0. The Morgan fingerprint density at radius 2 is 2.00 bits per heavy atom. The number of benzene rings is 1. The van der Waals surface area contributed by atoms with E-state index in [-0.39, 0.29) is 12.5 Å². The smallest absolute Gasteiger partial charge is 0.325 e. The fourth-order valence-corrected chi connectivity index (χ4v) is 1.67. The SMILES string of the molecule is CCOC(=O)CN(C)C(=O)c1cccc(OCC(C)C)c1. The number of likely N-dealkylation sites (N-methyl/N-ethyl adjacent to an activating group) is 1. The second-order valence-electron chi connectivity index (χ2n) is 5.20. The Morgan fingerprint density at radius 1 is 1.29 bits per heavy atom. The van der Waals surface area contributed by atoms with Crippen molar-refractivity contribution in [3.8, 4) is 5.75 Å². The van der Waals surface area contributed by atoms with Gasteiger partial charge in [-0.15, -0.1) is 0 Å². The molecule has 116 valence electrons. The number of carbonyl (C=O) groups is 2. The van der Waals surface area contributed by atoms with Gasteiger partial charge in [-0.3, -0.25) is 9.59 Å². The number of hydrogen-bond acceptors (Lipinski definition) is 4. The Bertz CT molecular complexity index is 485. The maximum atomic E-state index is 12.2. The van der Waals surface area contributed by atoms with Gasteiger partial charge in [0.15, 0.2) is 0 Å². The summed E-state index contributed by atoms with van der Waals surface area (Å²) in [6, 6.07) is 6.96. The van der Waals surface area contributed by atoms with Crippen molar-refractivity contribution in [2.75, 3.05) is 26.8 Å². The lowest BCUT2D eigenvalue weighted by molar-refractivity contribution is -0.143. The molecule has 0 aliphatic rings. The lowest BCUT2D eigenvalue weighted by Crippen LogP contribution is -2.33. The van der Waals surface area contributed by atoms with Crippen LogP contribution < -0.4 is 4.74 Å². The van der Waals surface area contributed by atoms with Crippen LogP contribution in [0.4, 0.5) is 0 Å². The third-order valence-corrected chi connectivity index (χ3v) is 2.68. The minimum absolute atomic E-state index is 0.0657. The highest BCUT2D eigenvalue weighted by Crippen LogP contribution is 2.15. The highest BCUT2D eigenvalue weighted by atomic mass is 16.5. The Morgan fingerprint density at radius 3 is 2.62 bits per heavy atom. The van der Waals surface area contributed by atoms with Crippen LogP contribution in [0.15, 0.2) is 24.3 Å². The average Bonchev–Trinajstić information content (AvgIpc) is 2.44. The number of amides is 1. The number of carbonyl (C=O) groups excluding carboxylic acids is 2. The van der Waals surface area contributed by atoms with E-state index >= 15 is 0 Å². The molecule has 5 heteroatoms. The third kappa shape index (κ3) is 5.85. The van der Waals surface area contributed by atoms with Crippen molar-refractivity contribution in [3.63, 3.8) is 0 Å². The zero-order valence-corrected chi connectivity index (χ0v) is 13.1. The van der Waals surface area contributed by atoms with Crippen LogP contribution in [0.2, 0.25) is 0 Å². The lowest BCUT2D eigenvalue weighted by Gasteiger charge is -2.16. The van der Waals surface area contributed by atoms with Crippen molar-refractivity contribution in [3.05, 3.63) is 29.8 Å². The average molecular weight is 293 g/mol. The van der Waals surface area contributed by atoms with Gasteiger partial charge in [0.25, 0.3) is 5.91 Å². The van der Waals surface area contributed by atoms with E-state index in [1.54, 1.807) is 32.2 Å². The minimum Gasteiger partial charge on any atom is -0.493 e. The van der Waals surface area contributed by atoms with Crippen LogP contribution in [0, 0.1) is 5.92 Å². The normalized spacial score (nSPS) is 10.3. The summed E-state index contributed by atoms with van der Waals surface area (Å²) < 4.78 is 10.4. The molecule has 0 bridgehead atoms. The summed E-state index contributed by atoms with van der Waals surface area (Å²) in [7, 11) is 1.57. The summed E-state index contributed by atoms with van der Waals surface area (Å²) in [5.41, 5.74) is 0.489. The monoisotopic (exact) mass is 293 g/mol. The molecule has 0 unspecified atom stereocenters. The first-order valence-electron chi connectivity index (χ1n) is 7.08. The molecule has 0 aliphatic heterocycles. The zero-order chi connectivity index (χ0) is 15.8. The summed E-state index contributed by atoms with van der Waals surface area (Å²) in [5, 5.41) is 0. The highest BCUT2D eigenvalue weighted by molar-refractivity contribution is 5.96. The van der Waals surface area contributed by atoms with E-state index in [0.717, 1.165) is 0 Å². The topological polar surface area (TPSA) is 55.8 Å². The van der Waals surface area contributed by atoms with Crippen molar-refractivity contribution in [2.24, 2.45) is 5.92 Å². The Kier molecular flexibility index (Phi) is 6.72. The molecule has 0 aliphatic carbocycles. The minimum atomic E-state index is -0.416. The molecule has 0 N–H and O–H groups in total. The van der Waals surface area contributed by atoms with Crippen LogP contribution in [0.3, 0.4) is 0 Å². The standard InChI is InChI=1S/C16H23NO4/c1-5-20-15(18)10-17(4)16(19)13-7-6-8-14(9-13)21-11-12(2)3/h6-9,12H,5,10-11H2,1-4H3. The molecule has 1 amide bonds. The Hall–Kier alpha value is -2.04. The van der Waals surface area contributed by atoms with Crippen molar-refractivity contribution in [1.29, 1.82) is 0 Å². The van der Waals surface area contributed by atoms with Gasteiger partial charge in [-0.2, -0.15) is 0 Å². The number of rotatable bonds is 7. The first-order valence-corrected chi connectivity index (χ1v) is 7.08. The molecule has 0 spiro atoms. The molecule has 5 nitrogen and oxygen atoms in total. The second-order valence-corrected chi connectivity index (χ2v) is 5.20. The summed E-state index contributed by atoms with van der Waals surface area (Å²) in [6.07, 6.45) is 0. The van der Waals surface area contributed by atoms with Crippen molar-refractivity contribution >= 4 is 11.9 Å². The molecule has 1 aromatic carbocycles. The van der Waals surface area contributed by atoms with Crippen LogP contribution in [0.5, 0.6) is 5.75 Å². The van der Waals surface area contributed by atoms with Gasteiger partial charge < -0.3 is 14.4 Å². The second kappa shape index (κ2) is 8.29. The molecule has 0 atom stereocenters. The maximum absolute atomic E-state index is 12.2. The zero-order valence-electron chi connectivity index (χ0n) is 13.1. The van der Waals surface area contributed by atoms with Gasteiger partial charge in [-0.05, 0) is 31.0 Å². The third-order valence-electron chi connectivity index (χ3n) is 2.68. The van der Waals surface area contributed by atoms with Crippen LogP contribution in [0.25, 0.3) is 0 Å². The number of hydrogen-bond donors (Lipinski definition) is 0. The van der Waals surface area contributed by atoms with Gasteiger partial charge in [0, 0.05) is 12.6 Å². The highest BCUT2D eigenvalue weighted by Gasteiger charge is 2.16. The largest absolute Gasteiger partial charge is 0.493 e. The van der Waals surface area contributed by atoms with E-state index in [0.29, 0.717) is 30.4 Å². The summed E-state index contributed by atoms with van der Waals surface area (Å²) in [5.74, 6) is 0.411. The maximum Gasteiger partial charge on any atom is 0.325 e. The summed E-state index contributed by atoms with van der Waals surface area (Å²) in [4.78, 5) is 25.0. The van der Waals surface area contributed by atoms with Crippen molar-refractivity contribution in [1.82, 2.24) is 4.90 Å². The number of ether oxygens (including phenoxy) is 2. The van der Waals surface area contributed by atoms with Gasteiger partial charge in [0.1, 0.15) is 12.3 Å². The van der Waals surface area contributed by atoms with E-state index in [2.05, 4.69) is 13.8 Å². The predicted molar refractivity (Wildman–Crippen MR) is 80.4 cm³/mol. The predicted octanol–water partition coefficient (Wildman–Crippen LogP) is 2.36. The number of esters is 1. The van der Waals surface area contributed by atoms with E-state index in [9.17, 15) is 9.59 Å². The molecule has 21 heavy (non-hydrogen) atoms. The lowest BCUT2D eigenvalue weighted by atomic mass is 10.2. The fraction of sp³-hybridized carbons (Fsp3) is 0.500. The Labute approximate surface area is 125 Å². The van der Waals surface area contributed by atoms with Crippen LogP contribution in [-0.2, 0) is 9.53 Å². The molecule has 0 saturated heterocycles. The van der Waals surface area contributed by atoms with Crippen LogP contribution >= 0.6 is 0 Å². The fourth-order valence-electron chi connectivity index (χ4n) is 1.67. The van der Waals surface area contributed by atoms with E-state index < -0.39 is 5.97 Å². The molecular weight excluding hydrogens is 270 g/mol. The van der Waals surface area contributed by atoms with Gasteiger partial charge in [-0.1, -0.05) is 19.9 Å². The summed E-state index contributed by atoms with van der Waals surface area (Å²) in [6.45, 7) is 6.68. The van der Waals surface area contributed by atoms with Gasteiger partial charge in [-0.25, -0.2) is 0 Å². The first-order chi connectivity index (χ1) is 9.93. The van der Waals surface area contributed by atoms with Gasteiger partial charge in [0.2, 0.25) is 0 Å². The van der Waals surface area contributed by atoms with Crippen LogP contribution in [-0.4, -0.2) is 43.6 Å². The quantitative estimate of drug-likeness (QED) is 0.724. The molecule has 0 radical (unpaired) electrons. The van der Waals surface area contributed by atoms with Gasteiger partial charge in [0.05, 0.1) is 13.2 Å². The Balaban J connectivity index is 2.68. The number of nitrogens with zero attached hydrogens (tertiary/aromatic N) is 1. The molecular formula is C16H23NO4. The van der Waals surface area contributed by atoms with E-state index in [4.69, 9.17) is 9.47 Å². The molecule has 0 saturated carbocycles.